The van der Waals surface area contributed by atoms with Crippen molar-refractivity contribution in [3.63, 3.8) is 0 Å². The summed E-state index contributed by atoms with van der Waals surface area (Å²) in [4.78, 5) is 32.5. The summed E-state index contributed by atoms with van der Waals surface area (Å²) in [5.41, 5.74) is 1.99. The average Bonchev–Trinajstić information content (AvgIpc) is 3.26. The number of thiazole rings is 1. The predicted molar refractivity (Wildman–Crippen MR) is 133 cm³/mol. The normalized spacial score (nSPS) is 15.1. The number of nitrogens with zero attached hydrogens (tertiary/aromatic N) is 2. The van der Waals surface area contributed by atoms with Gasteiger partial charge in [-0.3, -0.25) is 9.59 Å². The van der Waals surface area contributed by atoms with Crippen molar-refractivity contribution in [2.45, 2.75) is 34.1 Å². The summed E-state index contributed by atoms with van der Waals surface area (Å²) in [6.07, 6.45) is 0.874. The van der Waals surface area contributed by atoms with Gasteiger partial charge in [-0.05, 0) is 44.4 Å². The number of hydrogen-bond donors (Lipinski definition) is 1. The summed E-state index contributed by atoms with van der Waals surface area (Å²) in [7, 11) is 0. The van der Waals surface area contributed by atoms with E-state index in [-0.39, 0.29) is 11.8 Å². The molecule has 1 aliphatic heterocycles. The molecule has 1 N–H and O–H groups in total. The van der Waals surface area contributed by atoms with Crippen LogP contribution in [-0.2, 0) is 4.79 Å². The number of amides is 2. The molecule has 0 aliphatic carbocycles. The molecule has 0 atom stereocenters. The second kappa shape index (κ2) is 9.35. The van der Waals surface area contributed by atoms with Crippen LogP contribution in [0.2, 0.25) is 0 Å². The molecular weight excluding hydrogens is 434 g/mol. The lowest BCUT2D eigenvalue weighted by Gasteiger charge is -2.28. The largest absolute Gasteiger partial charge is 0.490 e. The number of anilines is 2. The second-order valence-electron chi connectivity index (χ2n) is 9.35. The highest BCUT2D eigenvalue weighted by atomic mass is 32.1. The number of nitrogens with one attached hydrogen (secondary N) is 1. The van der Waals surface area contributed by atoms with Gasteiger partial charge in [-0.2, -0.15) is 0 Å². The van der Waals surface area contributed by atoms with Crippen LogP contribution in [0.5, 0.6) is 5.75 Å². The van der Waals surface area contributed by atoms with Crippen molar-refractivity contribution in [3.8, 4) is 16.3 Å². The topological polar surface area (TPSA) is 71.5 Å². The van der Waals surface area contributed by atoms with Crippen LogP contribution in [0.4, 0.5) is 11.4 Å². The van der Waals surface area contributed by atoms with Crippen LogP contribution in [0.15, 0.2) is 53.9 Å². The van der Waals surface area contributed by atoms with E-state index in [0.717, 1.165) is 17.0 Å². The van der Waals surface area contributed by atoms with Gasteiger partial charge in [-0.25, -0.2) is 4.98 Å². The number of carbonyl (C=O) groups is 2. The third kappa shape index (κ3) is 5.09. The highest BCUT2D eigenvalue weighted by Crippen LogP contribution is 2.38. The lowest BCUT2D eigenvalue weighted by molar-refractivity contribution is -0.127. The maximum absolute atomic E-state index is 13.3. The lowest BCUT2D eigenvalue weighted by atomic mass is 9.92. The molecule has 0 bridgehead atoms. The van der Waals surface area contributed by atoms with Crippen LogP contribution in [0.3, 0.4) is 0 Å². The summed E-state index contributed by atoms with van der Waals surface area (Å²) >= 11 is 1.43. The van der Waals surface area contributed by atoms with Crippen molar-refractivity contribution < 1.29 is 14.3 Å². The van der Waals surface area contributed by atoms with E-state index in [1.165, 1.54) is 11.3 Å². The highest BCUT2D eigenvalue weighted by molar-refractivity contribution is 7.13. The molecule has 2 aromatic carbocycles. The predicted octanol–water partition coefficient (Wildman–Crippen LogP) is 5.86. The molecular formula is C26H29N3O3S. The van der Waals surface area contributed by atoms with Gasteiger partial charge in [0.2, 0.25) is 5.91 Å². The van der Waals surface area contributed by atoms with Crippen molar-refractivity contribution in [2.75, 3.05) is 23.4 Å². The summed E-state index contributed by atoms with van der Waals surface area (Å²) in [6.45, 7) is 8.99. The zero-order valence-electron chi connectivity index (χ0n) is 19.4. The third-order valence-corrected chi connectivity index (χ3v) is 6.50. The molecule has 0 radical (unpaired) electrons. The van der Waals surface area contributed by atoms with Crippen LogP contribution >= 0.6 is 11.3 Å². The SMILES string of the molecule is CC(C)CCN1C(=O)C(C)(C)COc2ccc(NC(=O)c3csc(-c4ccccc4)n3)cc21. The smallest absolute Gasteiger partial charge is 0.275 e. The molecule has 2 amide bonds. The van der Waals surface area contributed by atoms with Crippen LogP contribution in [0.1, 0.15) is 44.6 Å². The van der Waals surface area contributed by atoms with Crippen molar-refractivity contribution >= 4 is 34.5 Å². The molecule has 0 saturated heterocycles. The second-order valence-corrected chi connectivity index (χ2v) is 10.2. The van der Waals surface area contributed by atoms with Crippen molar-refractivity contribution in [2.24, 2.45) is 11.3 Å². The van der Waals surface area contributed by atoms with Gasteiger partial charge >= 0.3 is 0 Å². The monoisotopic (exact) mass is 463 g/mol. The Bertz CT molecular complexity index is 1150. The number of carbonyl (C=O) groups excluding carboxylic acids is 2. The Morgan fingerprint density at radius 1 is 1.21 bits per heavy atom. The minimum absolute atomic E-state index is 0.0254. The number of ether oxygens (including phenoxy) is 1. The van der Waals surface area contributed by atoms with E-state index in [1.807, 2.05) is 56.3 Å². The van der Waals surface area contributed by atoms with E-state index in [9.17, 15) is 9.59 Å². The van der Waals surface area contributed by atoms with Gasteiger partial charge < -0.3 is 15.0 Å². The Kier molecular flexibility index (Phi) is 6.51. The van der Waals surface area contributed by atoms with Gasteiger partial charge in [-0.15, -0.1) is 11.3 Å². The zero-order chi connectivity index (χ0) is 23.6. The molecule has 0 saturated carbocycles. The molecule has 2 heterocycles. The minimum Gasteiger partial charge on any atom is -0.490 e. The first kappa shape index (κ1) is 23.0. The van der Waals surface area contributed by atoms with Gasteiger partial charge in [0.25, 0.3) is 5.91 Å². The molecule has 0 spiro atoms. The lowest BCUT2D eigenvalue weighted by Crippen LogP contribution is -2.42. The molecule has 33 heavy (non-hydrogen) atoms. The molecule has 1 aliphatic rings. The Hall–Kier alpha value is -3.19. The third-order valence-electron chi connectivity index (χ3n) is 5.61. The summed E-state index contributed by atoms with van der Waals surface area (Å²) in [6, 6.07) is 15.2. The van der Waals surface area contributed by atoms with E-state index >= 15 is 0 Å². The fraction of sp³-hybridized carbons (Fsp3) is 0.346. The summed E-state index contributed by atoms with van der Waals surface area (Å²) in [5, 5.41) is 5.48. The molecule has 172 valence electrons. The van der Waals surface area contributed by atoms with Gasteiger partial charge in [0, 0.05) is 23.2 Å². The Morgan fingerprint density at radius 3 is 2.70 bits per heavy atom. The number of hydrogen-bond acceptors (Lipinski definition) is 5. The first-order chi connectivity index (χ1) is 15.7. The van der Waals surface area contributed by atoms with Crippen LogP contribution < -0.4 is 15.0 Å². The van der Waals surface area contributed by atoms with E-state index in [2.05, 4.69) is 24.1 Å². The fourth-order valence-corrected chi connectivity index (χ4v) is 4.42. The van der Waals surface area contributed by atoms with Gasteiger partial charge in [-0.1, -0.05) is 44.2 Å². The summed E-state index contributed by atoms with van der Waals surface area (Å²) in [5.74, 6) is 0.844. The summed E-state index contributed by atoms with van der Waals surface area (Å²) < 4.78 is 5.98. The average molecular weight is 464 g/mol. The quantitative estimate of drug-likeness (QED) is 0.497. The highest BCUT2D eigenvalue weighted by Gasteiger charge is 2.37. The maximum Gasteiger partial charge on any atom is 0.275 e. The van der Waals surface area contributed by atoms with Crippen LogP contribution in [0.25, 0.3) is 10.6 Å². The number of rotatable bonds is 6. The molecule has 0 fully saturated rings. The standard InChI is InChI=1S/C26H29N3O3S/c1-17(2)12-13-29-21-14-19(10-11-22(21)32-16-26(3,4)25(29)31)27-23(30)20-15-33-24(28-20)18-8-6-5-7-9-18/h5-11,14-15,17H,12-13,16H2,1-4H3,(H,27,30). The number of benzene rings is 2. The van der Waals surface area contributed by atoms with Crippen LogP contribution in [0, 0.1) is 11.3 Å². The molecule has 4 rings (SSSR count). The Balaban J connectivity index is 1.58. The van der Waals surface area contributed by atoms with E-state index in [0.29, 0.717) is 41.9 Å². The number of aromatic nitrogens is 1. The van der Waals surface area contributed by atoms with Crippen molar-refractivity contribution in [3.05, 3.63) is 59.6 Å². The molecule has 0 unspecified atom stereocenters. The van der Waals surface area contributed by atoms with E-state index in [1.54, 1.807) is 16.3 Å². The molecule has 1 aromatic heterocycles. The Labute approximate surface area is 198 Å². The van der Waals surface area contributed by atoms with Gasteiger partial charge in [0.05, 0.1) is 11.1 Å². The fourth-order valence-electron chi connectivity index (χ4n) is 3.62. The number of fused-ring (bicyclic) bond motifs is 1. The van der Waals surface area contributed by atoms with Crippen molar-refractivity contribution in [1.29, 1.82) is 0 Å². The Morgan fingerprint density at radius 2 is 1.97 bits per heavy atom. The molecule has 6 nitrogen and oxygen atoms in total. The zero-order valence-corrected chi connectivity index (χ0v) is 20.2. The van der Waals surface area contributed by atoms with E-state index in [4.69, 9.17) is 4.74 Å². The molecule has 3 aromatic rings. The first-order valence-corrected chi connectivity index (χ1v) is 12.0. The molecule has 7 heteroatoms. The van der Waals surface area contributed by atoms with Gasteiger partial charge in [0.15, 0.2) is 0 Å². The van der Waals surface area contributed by atoms with E-state index < -0.39 is 5.41 Å². The van der Waals surface area contributed by atoms with Crippen LogP contribution in [-0.4, -0.2) is 29.9 Å². The first-order valence-electron chi connectivity index (χ1n) is 11.2. The van der Waals surface area contributed by atoms with Crippen molar-refractivity contribution in [1.82, 2.24) is 4.98 Å². The maximum atomic E-state index is 13.3. The minimum atomic E-state index is -0.631. The van der Waals surface area contributed by atoms with Gasteiger partial charge in [0.1, 0.15) is 23.1 Å².